The third-order valence-corrected chi connectivity index (χ3v) is 3.96. The summed E-state index contributed by atoms with van der Waals surface area (Å²) in [6.45, 7) is 3.41. The Balaban J connectivity index is 1.58. The molecule has 1 aromatic heterocycles. The number of hydrogen-bond donors (Lipinski definition) is 0. The molecule has 1 aromatic carbocycles. The van der Waals surface area contributed by atoms with Crippen LogP contribution in [0, 0.1) is 11.6 Å². The molecule has 1 aliphatic heterocycles. The minimum Gasteiger partial charge on any atom is -0.336 e. The average molecular weight is 317 g/mol. The lowest BCUT2D eigenvalue weighted by molar-refractivity contribution is 0.0627. The molecule has 1 fully saturated rings. The Morgan fingerprint density at radius 1 is 1.09 bits per heavy atom. The van der Waals surface area contributed by atoms with Gasteiger partial charge in [0.15, 0.2) is 11.6 Å². The first-order valence-corrected chi connectivity index (χ1v) is 7.49. The number of aromatic nitrogens is 1. The number of benzene rings is 1. The SMILES string of the molecule is O=C(c1ccc(F)c(F)c1)N1CCN(Cc2cccnc2)CC1. The molecule has 0 aliphatic carbocycles. The Hall–Kier alpha value is -2.34. The van der Waals surface area contributed by atoms with Crippen LogP contribution in [0.5, 0.6) is 0 Å². The van der Waals surface area contributed by atoms with Crippen LogP contribution in [0.4, 0.5) is 8.78 Å². The monoisotopic (exact) mass is 317 g/mol. The summed E-state index contributed by atoms with van der Waals surface area (Å²) in [4.78, 5) is 20.3. The summed E-state index contributed by atoms with van der Waals surface area (Å²) in [5.41, 5.74) is 1.32. The zero-order chi connectivity index (χ0) is 16.2. The lowest BCUT2D eigenvalue weighted by Crippen LogP contribution is -2.48. The van der Waals surface area contributed by atoms with Gasteiger partial charge in [0.05, 0.1) is 0 Å². The van der Waals surface area contributed by atoms with E-state index in [1.165, 1.54) is 6.07 Å². The van der Waals surface area contributed by atoms with Gasteiger partial charge in [0, 0.05) is 50.7 Å². The summed E-state index contributed by atoms with van der Waals surface area (Å²) in [7, 11) is 0. The molecule has 2 aromatic rings. The minimum atomic E-state index is -0.994. The highest BCUT2D eigenvalue weighted by Crippen LogP contribution is 2.14. The van der Waals surface area contributed by atoms with Crippen LogP contribution in [0.1, 0.15) is 15.9 Å². The van der Waals surface area contributed by atoms with Crippen LogP contribution in [0.25, 0.3) is 0 Å². The Kier molecular flexibility index (Phi) is 4.62. The van der Waals surface area contributed by atoms with Gasteiger partial charge in [-0.2, -0.15) is 0 Å². The number of pyridine rings is 1. The molecule has 0 atom stereocenters. The van der Waals surface area contributed by atoms with E-state index in [2.05, 4.69) is 9.88 Å². The zero-order valence-corrected chi connectivity index (χ0v) is 12.6. The molecule has 4 nitrogen and oxygen atoms in total. The summed E-state index contributed by atoms with van der Waals surface area (Å²) in [6, 6.07) is 7.19. The van der Waals surface area contributed by atoms with Crippen molar-refractivity contribution < 1.29 is 13.6 Å². The van der Waals surface area contributed by atoms with E-state index in [9.17, 15) is 13.6 Å². The molecule has 0 radical (unpaired) electrons. The Labute approximate surface area is 133 Å². The number of rotatable bonds is 3. The molecule has 6 heteroatoms. The summed E-state index contributed by atoms with van der Waals surface area (Å²) < 4.78 is 26.2. The van der Waals surface area contributed by atoms with E-state index in [0.29, 0.717) is 13.1 Å². The van der Waals surface area contributed by atoms with E-state index in [0.717, 1.165) is 37.3 Å². The van der Waals surface area contributed by atoms with E-state index >= 15 is 0 Å². The normalized spacial score (nSPS) is 15.7. The van der Waals surface area contributed by atoms with Gasteiger partial charge < -0.3 is 4.90 Å². The highest BCUT2D eigenvalue weighted by atomic mass is 19.2. The minimum absolute atomic E-state index is 0.185. The van der Waals surface area contributed by atoms with E-state index in [-0.39, 0.29) is 11.5 Å². The van der Waals surface area contributed by atoms with Crippen molar-refractivity contribution in [3.05, 3.63) is 65.5 Å². The molecular weight excluding hydrogens is 300 g/mol. The number of carbonyl (C=O) groups is 1. The maximum absolute atomic E-state index is 13.3. The molecule has 1 aliphatic rings. The number of nitrogens with zero attached hydrogens (tertiary/aromatic N) is 3. The molecule has 2 heterocycles. The van der Waals surface area contributed by atoms with Crippen molar-refractivity contribution in [1.29, 1.82) is 0 Å². The second kappa shape index (κ2) is 6.83. The van der Waals surface area contributed by atoms with Gasteiger partial charge in [-0.1, -0.05) is 6.07 Å². The third-order valence-electron chi connectivity index (χ3n) is 3.96. The summed E-state index contributed by atoms with van der Waals surface area (Å²) in [5.74, 6) is -2.20. The molecule has 0 bridgehead atoms. The highest BCUT2D eigenvalue weighted by Gasteiger charge is 2.22. The molecule has 1 saturated heterocycles. The van der Waals surface area contributed by atoms with Gasteiger partial charge in [-0.05, 0) is 29.8 Å². The van der Waals surface area contributed by atoms with Crippen molar-refractivity contribution in [1.82, 2.24) is 14.8 Å². The van der Waals surface area contributed by atoms with E-state index < -0.39 is 11.6 Å². The van der Waals surface area contributed by atoms with Crippen molar-refractivity contribution in [2.24, 2.45) is 0 Å². The molecule has 3 rings (SSSR count). The summed E-state index contributed by atoms with van der Waals surface area (Å²) >= 11 is 0. The standard InChI is InChI=1S/C17H17F2N3O/c18-15-4-3-14(10-16(15)19)17(23)22-8-6-21(7-9-22)12-13-2-1-5-20-11-13/h1-5,10-11H,6-9,12H2. The van der Waals surface area contributed by atoms with Gasteiger partial charge in [0.2, 0.25) is 0 Å². The van der Waals surface area contributed by atoms with Gasteiger partial charge in [-0.15, -0.1) is 0 Å². The highest BCUT2D eigenvalue weighted by molar-refractivity contribution is 5.94. The number of carbonyl (C=O) groups excluding carboxylic acids is 1. The predicted octanol–water partition coefficient (Wildman–Crippen LogP) is 2.32. The molecule has 0 spiro atoms. The number of halogens is 2. The molecule has 23 heavy (non-hydrogen) atoms. The van der Waals surface area contributed by atoms with Gasteiger partial charge in [0.1, 0.15) is 0 Å². The fraction of sp³-hybridized carbons (Fsp3) is 0.294. The maximum atomic E-state index is 13.3. The molecule has 0 unspecified atom stereocenters. The molecule has 120 valence electrons. The lowest BCUT2D eigenvalue weighted by atomic mass is 10.1. The average Bonchev–Trinajstić information content (AvgIpc) is 2.58. The van der Waals surface area contributed by atoms with Crippen molar-refractivity contribution in [2.45, 2.75) is 6.54 Å². The zero-order valence-electron chi connectivity index (χ0n) is 12.6. The predicted molar refractivity (Wildman–Crippen MR) is 81.8 cm³/mol. The van der Waals surface area contributed by atoms with Crippen LogP contribution in [0.15, 0.2) is 42.7 Å². The maximum Gasteiger partial charge on any atom is 0.254 e. The van der Waals surface area contributed by atoms with Crippen LogP contribution in [0.3, 0.4) is 0 Å². The fourth-order valence-corrected chi connectivity index (χ4v) is 2.67. The second-order valence-corrected chi connectivity index (χ2v) is 5.56. The Morgan fingerprint density at radius 2 is 1.87 bits per heavy atom. The number of piperazine rings is 1. The second-order valence-electron chi connectivity index (χ2n) is 5.56. The topological polar surface area (TPSA) is 36.4 Å². The number of hydrogen-bond acceptors (Lipinski definition) is 3. The summed E-state index contributed by atoms with van der Waals surface area (Å²) in [5, 5.41) is 0. The first-order chi connectivity index (χ1) is 11.1. The van der Waals surface area contributed by atoms with E-state index in [1.54, 1.807) is 11.1 Å². The van der Waals surface area contributed by atoms with Crippen LogP contribution in [-0.4, -0.2) is 46.9 Å². The van der Waals surface area contributed by atoms with Crippen molar-refractivity contribution >= 4 is 5.91 Å². The van der Waals surface area contributed by atoms with E-state index in [1.807, 2.05) is 18.3 Å². The molecular formula is C17H17F2N3O. The lowest BCUT2D eigenvalue weighted by Gasteiger charge is -2.34. The third kappa shape index (κ3) is 3.71. The fourth-order valence-electron chi connectivity index (χ4n) is 2.67. The smallest absolute Gasteiger partial charge is 0.254 e. The quantitative estimate of drug-likeness (QED) is 0.872. The Bertz CT molecular complexity index is 685. The largest absolute Gasteiger partial charge is 0.336 e. The van der Waals surface area contributed by atoms with Gasteiger partial charge in [-0.25, -0.2) is 8.78 Å². The van der Waals surface area contributed by atoms with Gasteiger partial charge >= 0.3 is 0 Å². The first-order valence-electron chi connectivity index (χ1n) is 7.49. The molecule has 0 saturated carbocycles. The summed E-state index contributed by atoms with van der Waals surface area (Å²) in [6.07, 6.45) is 3.57. The van der Waals surface area contributed by atoms with Crippen molar-refractivity contribution in [2.75, 3.05) is 26.2 Å². The van der Waals surface area contributed by atoms with Gasteiger partial charge in [0.25, 0.3) is 5.91 Å². The van der Waals surface area contributed by atoms with Crippen LogP contribution < -0.4 is 0 Å². The first kappa shape index (κ1) is 15.6. The van der Waals surface area contributed by atoms with Gasteiger partial charge in [-0.3, -0.25) is 14.7 Å². The van der Waals surface area contributed by atoms with Crippen LogP contribution in [0.2, 0.25) is 0 Å². The van der Waals surface area contributed by atoms with Crippen molar-refractivity contribution in [3.63, 3.8) is 0 Å². The molecule has 0 N–H and O–H groups in total. The van der Waals surface area contributed by atoms with Crippen LogP contribution >= 0.6 is 0 Å². The molecule has 1 amide bonds. The van der Waals surface area contributed by atoms with E-state index in [4.69, 9.17) is 0 Å². The Morgan fingerprint density at radius 3 is 2.52 bits per heavy atom. The van der Waals surface area contributed by atoms with Crippen molar-refractivity contribution in [3.8, 4) is 0 Å². The number of amides is 1. The van der Waals surface area contributed by atoms with Crippen LogP contribution in [-0.2, 0) is 6.54 Å².